The van der Waals surface area contributed by atoms with Crippen LogP contribution in [0.5, 0.6) is 0 Å². The van der Waals surface area contributed by atoms with E-state index in [1.165, 1.54) is 51.4 Å². The van der Waals surface area contributed by atoms with Gasteiger partial charge in [-0.3, -0.25) is 0 Å². The molecule has 0 N–H and O–H groups in total. The van der Waals surface area contributed by atoms with Gasteiger partial charge in [-0.25, -0.2) is 0 Å². The lowest BCUT2D eigenvalue weighted by Crippen LogP contribution is -1.98. The lowest BCUT2D eigenvalue weighted by molar-refractivity contribution is 0.192. The van der Waals surface area contributed by atoms with Crippen LogP contribution in [0.3, 0.4) is 0 Å². The van der Waals surface area contributed by atoms with Crippen LogP contribution in [-0.4, -0.2) is 13.2 Å². The number of hydrogen-bond donors (Lipinski definition) is 0. The molecule has 19 heavy (non-hydrogen) atoms. The summed E-state index contributed by atoms with van der Waals surface area (Å²) in [6.45, 7) is 3.59. The summed E-state index contributed by atoms with van der Waals surface area (Å²) in [5.74, 6) is 2.77. The van der Waals surface area contributed by atoms with E-state index in [1.807, 2.05) is 0 Å². The molecule has 0 aromatic rings. The Bertz CT molecular complexity index is 322. The van der Waals surface area contributed by atoms with Crippen LogP contribution in [0.25, 0.3) is 0 Å². The van der Waals surface area contributed by atoms with E-state index in [0.717, 1.165) is 18.6 Å². The van der Waals surface area contributed by atoms with Crippen molar-refractivity contribution < 1.29 is 4.74 Å². The summed E-state index contributed by atoms with van der Waals surface area (Å²) in [7, 11) is 0. The Kier molecular flexibility index (Phi) is 9.19. The van der Waals surface area contributed by atoms with E-state index < -0.39 is 0 Å². The predicted octanol–water partition coefficient (Wildman–Crippen LogP) is 5.03. The molecule has 106 valence electrons. The topological polar surface area (TPSA) is 9.23 Å². The number of allylic oxidation sites excluding steroid dienone is 2. The fourth-order valence-electron chi connectivity index (χ4n) is 2.41. The first kappa shape index (κ1) is 16.1. The minimum atomic E-state index is 0.648. The summed E-state index contributed by atoms with van der Waals surface area (Å²) in [6, 6.07) is 0. The Balaban J connectivity index is 2.15. The quantitative estimate of drug-likeness (QED) is 0.338. The lowest BCUT2D eigenvalue weighted by Gasteiger charge is -2.13. The molecule has 1 rings (SSSR count). The van der Waals surface area contributed by atoms with Gasteiger partial charge >= 0.3 is 0 Å². The molecule has 0 spiro atoms. The first-order valence-electron chi connectivity index (χ1n) is 7.78. The second-order valence-electron chi connectivity index (χ2n) is 5.29. The summed E-state index contributed by atoms with van der Waals surface area (Å²) in [5.41, 5.74) is 2.68. The molecule has 1 fully saturated rings. The van der Waals surface area contributed by atoms with Gasteiger partial charge in [0.05, 0.1) is 13.2 Å². The van der Waals surface area contributed by atoms with Crippen LogP contribution < -0.4 is 0 Å². The van der Waals surface area contributed by atoms with Crippen LogP contribution >= 0.6 is 0 Å². The van der Waals surface area contributed by atoms with Crippen LogP contribution in [0.15, 0.2) is 23.3 Å². The van der Waals surface area contributed by atoms with Crippen molar-refractivity contribution >= 4 is 0 Å². The first-order valence-corrected chi connectivity index (χ1v) is 7.78. The number of unbranched alkanes of at least 4 members (excludes halogenated alkanes) is 2. The third kappa shape index (κ3) is 7.90. The van der Waals surface area contributed by atoms with Crippen molar-refractivity contribution in [2.75, 3.05) is 13.2 Å². The molecule has 0 saturated heterocycles. The summed E-state index contributed by atoms with van der Waals surface area (Å²) in [5, 5.41) is 0. The van der Waals surface area contributed by atoms with Crippen molar-refractivity contribution in [3.63, 3.8) is 0 Å². The van der Waals surface area contributed by atoms with Gasteiger partial charge in [-0.1, -0.05) is 43.8 Å². The van der Waals surface area contributed by atoms with E-state index in [2.05, 4.69) is 25.0 Å². The maximum Gasteiger partial charge on any atom is 0.0663 e. The van der Waals surface area contributed by atoms with Gasteiger partial charge in [0.25, 0.3) is 0 Å². The molecule has 0 amide bonds. The average molecular weight is 260 g/mol. The molecule has 0 aliphatic heterocycles. The molecule has 1 aliphatic rings. The van der Waals surface area contributed by atoms with Gasteiger partial charge in [0.2, 0.25) is 0 Å². The Morgan fingerprint density at radius 3 is 2.68 bits per heavy atom. The monoisotopic (exact) mass is 260 g/mol. The highest BCUT2D eigenvalue weighted by atomic mass is 16.5. The van der Waals surface area contributed by atoms with E-state index in [9.17, 15) is 0 Å². The van der Waals surface area contributed by atoms with Crippen LogP contribution in [0, 0.1) is 12.3 Å². The van der Waals surface area contributed by atoms with Crippen molar-refractivity contribution in [2.24, 2.45) is 0 Å². The maximum absolute atomic E-state index is 5.63. The fourth-order valence-corrected chi connectivity index (χ4v) is 2.41. The normalized spacial score (nSPS) is 16.2. The minimum Gasteiger partial charge on any atom is -0.373 e. The standard InChI is InChI=1S/C18H28O/c1-3-5-7-10-17(4-2)13-15-19-16-14-18-11-8-6-9-12-18/h2,13-14H,3,5-12,15-16H2,1H3/b17-13+. The van der Waals surface area contributed by atoms with E-state index in [4.69, 9.17) is 11.2 Å². The van der Waals surface area contributed by atoms with Crippen molar-refractivity contribution in [3.8, 4) is 12.3 Å². The second-order valence-corrected chi connectivity index (χ2v) is 5.29. The van der Waals surface area contributed by atoms with E-state index in [1.54, 1.807) is 5.57 Å². The maximum atomic E-state index is 5.63. The SMILES string of the molecule is C#C/C(=C\COCC=C1CCCCC1)CCCCC. The van der Waals surface area contributed by atoms with Gasteiger partial charge in [-0.05, 0) is 44.6 Å². The molecule has 0 aromatic heterocycles. The predicted molar refractivity (Wildman–Crippen MR) is 83.0 cm³/mol. The zero-order chi connectivity index (χ0) is 13.8. The number of hydrogen-bond acceptors (Lipinski definition) is 1. The molecule has 0 bridgehead atoms. The van der Waals surface area contributed by atoms with Gasteiger partial charge < -0.3 is 4.74 Å². The minimum absolute atomic E-state index is 0.648. The first-order chi connectivity index (χ1) is 9.36. The third-order valence-corrected chi connectivity index (χ3v) is 3.67. The number of rotatable bonds is 8. The Labute approximate surface area is 119 Å². The highest BCUT2D eigenvalue weighted by Crippen LogP contribution is 2.22. The van der Waals surface area contributed by atoms with Crippen molar-refractivity contribution in [3.05, 3.63) is 23.3 Å². The fraction of sp³-hybridized carbons (Fsp3) is 0.667. The summed E-state index contributed by atoms with van der Waals surface area (Å²) in [6.07, 6.45) is 21.2. The second kappa shape index (κ2) is 10.9. The van der Waals surface area contributed by atoms with Crippen LogP contribution in [-0.2, 0) is 4.74 Å². The zero-order valence-electron chi connectivity index (χ0n) is 12.4. The molecular formula is C18H28O. The van der Waals surface area contributed by atoms with Gasteiger partial charge in [0, 0.05) is 5.57 Å². The van der Waals surface area contributed by atoms with Gasteiger partial charge in [-0.15, -0.1) is 6.42 Å². The molecule has 0 radical (unpaired) electrons. The molecule has 1 heteroatoms. The Morgan fingerprint density at radius 1 is 1.21 bits per heavy atom. The zero-order valence-corrected chi connectivity index (χ0v) is 12.4. The highest BCUT2D eigenvalue weighted by Gasteiger charge is 2.03. The average Bonchev–Trinajstić information content (AvgIpc) is 2.46. The molecular weight excluding hydrogens is 232 g/mol. The molecule has 0 aromatic carbocycles. The summed E-state index contributed by atoms with van der Waals surface area (Å²) in [4.78, 5) is 0. The largest absolute Gasteiger partial charge is 0.373 e. The molecule has 1 nitrogen and oxygen atoms in total. The molecule has 1 aliphatic carbocycles. The highest BCUT2D eigenvalue weighted by molar-refractivity contribution is 5.25. The van der Waals surface area contributed by atoms with Crippen LogP contribution in [0.2, 0.25) is 0 Å². The van der Waals surface area contributed by atoms with Gasteiger partial charge in [-0.2, -0.15) is 0 Å². The van der Waals surface area contributed by atoms with E-state index in [0.29, 0.717) is 6.61 Å². The van der Waals surface area contributed by atoms with Crippen LogP contribution in [0.1, 0.15) is 64.7 Å². The molecule has 0 atom stereocenters. The van der Waals surface area contributed by atoms with Crippen LogP contribution in [0.4, 0.5) is 0 Å². The van der Waals surface area contributed by atoms with Crippen molar-refractivity contribution in [1.29, 1.82) is 0 Å². The molecule has 0 unspecified atom stereocenters. The van der Waals surface area contributed by atoms with Gasteiger partial charge in [0.1, 0.15) is 0 Å². The van der Waals surface area contributed by atoms with Crippen molar-refractivity contribution in [1.82, 2.24) is 0 Å². The smallest absolute Gasteiger partial charge is 0.0663 e. The van der Waals surface area contributed by atoms with E-state index in [-0.39, 0.29) is 0 Å². The Morgan fingerprint density at radius 2 is 2.00 bits per heavy atom. The molecule has 1 saturated carbocycles. The number of terminal acetylenes is 1. The Hall–Kier alpha value is -1.00. The van der Waals surface area contributed by atoms with Crippen molar-refractivity contribution in [2.45, 2.75) is 64.7 Å². The van der Waals surface area contributed by atoms with E-state index >= 15 is 0 Å². The lowest BCUT2D eigenvalue weighted by atomic mass is 9.95. The summed E-state index contributed by atoms with van der Waals surface area (Å²) < 4.78 is 5.63. The van der Waals surface area contributed by atoms with Gasteiger partial charge in [0.15, 0.2) is 0 Å². The molecule has 0 heterocycles. The third-order valence-electron chi connectivity index (χ3n) is 3.67. The number of ether oxygens (including phenoxy) is 1. The summed E-state index contributed by atoms with van der Waals surface area (Å²) >= 11 is 0.